The molecule has 0 aliphatic rings. The van der Waals surface area contributed by atoms with Crippen LogP contribution in [0.25, 0.3) is 0 Å². The van der Waals surface area contributed by atoms with E-state index in [4.69, 9.17) is 26.4 Å². The van der Waals surface area contributed by atoms with Gasteiger partial charge in [-0.05, 0) is 69.8 Å². The number of rotatable bonds is 19. The molecule has 2 unspecified atom stereocenters. The number of hydrogen-bond acceptors (Lipinski definition) is 8. The summed E-state index contributed by atoms with van der Waals surface area (Å²) in [4.78, 5) is 39.1. The van der Waals surface area contributed by atoms with E-state index in [1.54, 1.807) is 0 Å². The highest BCUT2D eigenvalue weighted by Crippen LogP contribution is 2.52. The second-order valence-electron chi connectivity index (χ2n) is 11.2. The van der Waals surface area contributed by atoms with Crippen molar-refractivity contribution < 1.29 is 28.6 Å². The van der Waals surface area contributed by atoms with Crippen molar-refractivity contribution >= 4 is 46.1 Å². The van der Waals surface area contributed by atoms with Gasteiger partial charge in [-0.25, -0.2) is 0 Å². The lowest BCUT2D eigenvalue weighted by Crippen LogP contribution is -2.49. The minimum absolute atomic E-state index is 0.212. The fourth-order valence-electron chi connectivity index (χ4n) is 4.67. The Kier molecular flexibility index (Phi) is 15.8. The quantitative estimate of drug-likeness (QED) is 0.0528. The molecule has 1 rings (SSSR count). The number of methoxy groups -OCH3 is 1. The van der Waals surface area contributed by atoms with Gasteiger partial charge < -0.3 is 14.2 Å². The van der Waals surface area contributed by atoms with E-state index in [-0.39, 0.29) is 24.3 Å². The molecule has 0 aliphatic carbocycles. The first-order chi connectivity index (χ1) is 18.9. The number of thiocarbonyl (C=S) groups is 1. The van der Waals surface area contributed by atoms with E-state index >= 15 is 0 Å². The van der Waals surface area contributed by atoms with Crippen LogP contribution in [0.3, 0.4) is 0 Å². The van der Waals surface area contributed by atoms with E-state index in [1.165, 1.54) is 18.9 Å². The Morgan fingerprint density at radius 3 is 2.20 bits per heavy atom. The number of allylic oxidation sites excluding steroid dienone is 1. The van der Waals surface area contributed by atoms with Crippen LogP contribution in [0.1, 0.15) is 98.0 Å². The number of hydrogen-bond donors (Lipinski definition) is 0. The number of benzene rings is 1. The van der Waals surface area contributed by atoms with Crippen LogP contribution in [0.2, 0.25) is 0 Å². The molecule has 40 heavy (non-hydrogen) atoms. The van der Waals surface area contributed by atoms with E-state index in [9.17, 15) is 14.4 Å². The zero-order valence-corrected chi connectivity index (χ0v) is 26.8. The summed E-state index contributed by atoms with van der Waals surface area (Å²) in [7, 11) is 1.37. The van der Waals surface area contributed by atoms with Crippen molar-refractivity contribution in [2.45, 2.75) is 97.2 Å². The number of thioether (sulfide) groups is 1. The monoisotopic (exact) mass is 592 g/mol. The highest BCUT2D eigenvalue weighted by Gasteiger charge is 2.53. The molecule has 0 N–H and O–H groups in total. The van der Waals surface area contributed by atoms with Gasteiger partial charge in [0.15, 0.2) is 0 Å². The van der Waals surface area contributed by atoms with Crippen LogP contribution in [-0.4, -0.2) is 47.2 Å². The van der Waals surface area contributed by atoms with Crippen LogP contribution in [0.5, 0.6) is 0 Å². The predicted octanol–water partition coefficient (Wildman–Crippen LogP) is 7.86. The molecule has 8 heteroatoms. The van der Waals surface area contributed by atoms with Crippen molar-refractivity contribution in [3.8, 4) is 0 Å². The third-order valence-electron chi connectivity index (χ3n) is 7.52. The molecule has 0 bridgehead atoms. The fourth-order valence-corrected chi connectivity index (χ4v) is 6.59. The molecule has 1 aromatic rings. The summed E-state index contributed by atoms with van der Waals surface area (Å²) < 4.78 is 15.8. The van der Waals surface area contributed by atoms with Crippen LogP contribution in [0.4, 0.5) is 0 Å². The topological polar surface area (TPSA) is 78.9 Å². The van der Waals surface area contributed by atoms with E-state index in [0.717, 1.165) is 37.7 Å². The van der Waals surface area contributed by atoms with E-state index in [1.807, 2.05) is 71.0 Å². The van der Waals surface area contributed by atoms with E-state index in [2.05, 4.69) is 6.58 Å². The second-order valence-corrected chi connectivity index (χ2v) is 13.4. The summed E-state index contributed by atoms with van der Waals surface area (Å²) in [6.07, 6.45) is 7.47. The van der Waals surface area contributed by atoms with Crippen LogP contribution < -0.4 is 0 Å². The van der Waals surface area contributed by atoms with Crippen molar-refractivity contribution in [1.82, 2.24) is 0 Å². The first-order valence-electron chi connectivity index (χ1n) is 14.2. The molecule has 6 nitrogen and oxygen atoms in total. The normalized spacial score (nSPS) is 14.3. The van der Waals surface area contributed by atoms with Crippen LogP contribution in [0, 0.1) is 10.8 Å². The molecular weight excluding hydrogens is 544 g/mol. The molecule has 0 spiro atoms. The Morgan fingerprint density at radius 2 is 1.60 bits per heavy atom. The summed E-state index contributed by atoms with van der Waals surface area (Å²) in [6, 6.07) is 9.56. The Hall–Kier alpha value is -2.19. The number of ether oxygens (including phenoxy) is 3. The molecule has 1 aromatic carbocycles. The lowest BCUT2D eigenvalue weighted by Gasteiger charge is -2.46. The molecule has 0 saturated heterocycles. The highest BCUT2D eigenvalue weighted by molar-refractivity contribution is 8.25. The molecule has 2 atom stereocenters. The maximum Gasteiger partial charge on any atom is 0.322 e. The molecular formula is C32H48O6S2. The van der Waals surface area contributed by atoms with Crippen molar-refractivity contribution in [2.75, 3.05) is 20.3 Å². The lowest BCUT2D eigenvalue weighted by molar-refractivity contribution is -0.163. The summed E-state index contributed by atoms with van der Waals surface area (Å²) in [5.41, 5.74) is -0.851. The number of carbonyl (C=O) groups is 3. The first kappa shape index (κ1) is 35.8. The van der Waals surface area contributed by atoms with Crippen LogP contribution in [0.15, 0.2) is 43.0 Å². The average molecular weight is 593 g/mol. The molecule has 0 aromatic heterocycles. The van der Waals surface area contributed by atoms with Gasteiger partial charge in [0.25, 0.3) is 0 Å². The van der Waals surface area contributed by atoms with Crippen LogP contribution in [-0.2, 0) is 28.6 Å². The number of esters is 3. The van der Waals surface area contributed by atoms with Gasteiger partial charge >= 0.3 is 17.9 Å². The van der Waals surface area contributed by atoms with Gasteiger partial charge in [0.1, 0.15) is 4.75 Å². The van der Waals surface area contributed by atoms with E-state index in [0.29, 0.717) is 36.7 Å². The Morgan fingerprint density at radius 1 is 0.950 bits per heavy atom. The van der Waals surface area contributed by atoms with Crippen LogP contribution >= 0.6 is 24.0 Å². The van der Waals surface area contributed by atoms with Crippen molar-refractivity contribution in [1.29, 1.82) is 0 Å². The first-order valence-corrected chi connectivity index (χ1v) is 15.4. The van der Waals surface area contributed by atoms with Crippen molar-refractivity contribution in [3.63, 3.8) is 0 Å². The average Bonchev–Trinajstić information content (AvgIpc) is 2.92. The van der Waals surface area contributed by atoms with Crippen molar-refractivity contribution in [2.24, 2.45) is 10.8 Å². The summed E-state index contributed by atoms with van der Waals surface area (Å²) in [6.45, 7) is 14.1. The number of unbranched alkanes of at least 4 members (excludes halogenated alkanes) is 3. The Bertz CT molecular complexity index is 977. The van der Waals surface area contributed by atoms with Gasteiger partial charge in [-0.15, -0.1) is 6.58 Å². The summed E-state index contributed by atoms with van der Waals surface area (Å²) >= 11 is 7.05. The molecule has 0 radical (unpaired) electrons. The maximum atomic E-state index is 13.6. The summed E-state index contributed by atoms with van der Waals surface area (Å²) in [5, 5.41) is 0. The number of carbonyl (C=O) groups excluding carboxylic acids is 3. The van der Waals surface area contributed by atoms with Gasteiger partial charge in [0.05, 0.1) is 29.9 Å². The van der Waals surface area contributed by atoms with E-state index < -0.39 is 15.6 Å². The molecule has 224 valence electrons. The minimum atomic E-state index is -1.07. The predicted molar refractivity (Wildman–Crippen MR) is 167 cm³/mol. The summed E-state index contributed by atoms with van der Waals surface area (Å²) in [5.74, 6) is -1.02. The highest BCUT2D eigenvalue weighted by atomic mass is 32.2. The molecule has 0 fully saturated rings. The minimum Gasteiger partial charge on any atom is -0.469 e. The van der Waals surface area contributed by atoms with Gasteiger partial charge in [0.2, 0.25) is 0 Å². The van der Waals surface area contributed by atoms with Gasteiger partial charge in [0, 0.05) is 6.42 Å². The third kappa shape index (κ3) is 11.0. The molecule has 0 amide bonds. The fraction of sp³-hybridized carbons (Fsp3) is 0.625. The zero-order chi connectivity index (χ0) is 30.2. The smallest absolute Gasteiger partial charge is 0.322 e. The van der Waals surface area contributed by atoms with Gasteiger partial charge in [-0.3, -0.25) is 14.4 Å². The third-order valence-corrected chi connectivity index (χ3v) is 9.19. The standard InChI is InChI=1S/C32H48O6S2/c1-8-10-12-16-23-38-29(35)32(6,40-27(39)25-18-14-13-15-19-25)24-30(3,4)31(5,28(34)36-7)21-17-20-26(33)37-22-11-9-2/h8,13-15,18-19H,1,9-12,16-17,20-24H2,2-7H3. The largest absolute Gasteiger partial charge is 0.469 e. The second kappa shape index (κ2) is 17.6. The Balaban J connectivity index is 3.19. The SMILES string of the molecule is C=CCCCCOC(=O)C(C)(CC(C)(C)C(C)(CCCC(=O)OCCCC)C(=O)OC)SC(=S)c1ccccc1. The lowest BCUT2D eigenvalue weighted by atomic mass is 9.60. The van der Waals surface area contributed by atoms with Gasteiger partial charge in [-0.2, -0.15) is 0 Å². The zero-order valence-electron chi connectivity index (χ0n) is 25.2. The van der Waals surface area contributed by atoms with Crippen molar-refractivity contribution in [3.05, 3.63) is 48.6 Å². The maximum absolute atomic E-state index is 13.6. The molecule has 0 heterocycles. The van der Waals surface area contributed by atoms with Gasteiger partial charge in [-0.1, -0.05) is 87.6 Å². The molecule has 0 saturated carbocycles. The molecule has 0 aliphatic heterocycles. The Labute approximate surface area is 251 Å².